The molecule has 0 bridgehead atoms. The van der Waals surface area contributed by atoms with Crippen molar-refractivity contribution >= 4 is 40.3 Å². The van der Waals surface area contributed by atoms with Crippen LogP contribution in [0, 0.1) is 5.92 Å². The number of aromatic nitrogens is 2. The normalized spacial score (nSPS) is 24.6. The first kappa shape index (κ1) is 26.4. The van der Waals surface area contributed by atoms with Crippen LogP contribution in [0.3, 0.4) is 0 Å². The number of nitrogens with zero attached hydrogens (tertiary/aromatic N) is 2. The van der Waals surface area contributed by atoms with Crippen LogP contribution in [0.1, 0.15) is 62.8 Å². The Bertz CT molecular complexity index is 1040. The fourth-order valence-corrected chi connectivity index (χ4v) is 8.57. The Morgan fingerprint density at radius 3 is 2.71 bits per heavy atom. The van der Waals surface area contributed by atoms with Crippen LogP contribution in [0.15, 0.2) is 36.7 Å². The quantitative estimate of drug-likeness (QED) is 0.378. The van der Waals surface area contributed by atoms with Gasteiger partial charge in [-0.15, -0.1) is 0 Å². The fourth-order valence-electron chi connectivity index (χ4n) is 4.79. The van der Waals surface area contributed by atoms with Gasteiger partial charge >= 0.3 is 218 Å². The van der Waals surface area contributed by atoms with Gasteiger partial charge in [0.25, 0.3) is 0 Å². The van der Waals surface area contributed by atoms with Crippen molar-refractivity contribution in [2.24, 2.45) is 5.92 Å². The summed E-state index contributed by atoms with van der Waals surface area (Å²) in [6.45, 7) is 13.6. The van der Waals surface area contributed by atoms with Crippen LogP contribution in [0.25, 0.3) is 0 Å². The van der Waals surface area contributed by atoms with Crippen LogP contribution in [0.5, 0.6) is 0 Å². The van der Waals surface area contributed by atoms with E-state index in [1.54, 1.807) is 6.33 Å². The van der Waals surface area contributed by atoms with E-state index in [4.69, 9.17) is 9.16 Å². The van der Waals surface area contributed by atoms with E-state index in [1.807, 2.05) is 0 Å². The third-order valence-corrected chi connectivity index (χ3v) is 15.1. The van der Waals surface area contributed by atoms with E-state index in [-0.39, 0.29) is 38.9 Å². The minimum atomic E-state index is -1.82. The molecule has 4 atom stereocenters. The van der Waals surface area contributed by atoms with Gasteiger partial charge in [0.2, 0.25) is 0 Å². The second-order valence-electron chi connectivity index (χ2n) is 11.5. The van der Waals surface area contributed by atoms with Gasteiger partial charge in [-0.1, -0.05) is 0 Å². The molecule has 1 radical (unpaired) electrons. The van der Waals surface area contributed by atoms with E-state index in [0.29, 0.717) is 17.2 Å². The molecule has 4 unspecified atom stereocenters. The van der Waals surface area contributed by atoms with Crippen LogP contribution in [-0.2, 0) is 20.4 Å². The number of esters is 1. The first-order valence-electron chi connectivity index (χ1n) is 12.7. The molecule has 0 spiro atoms. The Labute approximate surface area is 217 Å². The molecule has 2 aliphatic carbocycles. The van der Waals surface area contributed by atoms with Crippen molar-refractivity contribution in [1.29, 1.82) is 0 Å². The number of hydrogen-bond acceptors (Lipinski definition) is 6. The van der Waals surface area contributed by atoms with E-state index in [1.165, 1.54) is 24.5 Å². The maximum absolute atomic E-state index is 11.8. The molecule has 1 heterocycles. The molecule has 4 rings (SSSR count). The second-order valence-corrected chi connectivity index (χ2v) is 19.1. The van der Waals surface area contributed by atoms with Gasteiger partial charge in [0.15, 0.2) is 0 Å². The summed E-state index contributed by atoms with van der Waals surface area (Å²) in [7, 11) is -1.82. The maximum atomic E-state index is 11.8. The number of anilines is 1. The number of benzene rings is 1. The van der Waals surface area contributed by atoms with E-state index >= 15 is 0 Å². The van der Waals surface area contributed by atoms with Crippen LogP contribution >= 0.6 is 0 Å². The summed E-state index contributed by atoms with van der Waals surface area (Å²) in [4.78, 5) is 20.9. The number of rotatable bonds is 8. The van der Waals surface area contributed by atoms with Gasteiger partial charge in [-0.05, 0) is 0 Å². The number of fused-ring (bicyclic) bond motifs is 1. The zero-order chi connectivity index (χ0) is 25.2. The molecule has 2 aliphatic rings. The van der Waals surface area contributed by atoms with Crippen LogP contribution in [0.2, 0.25) is 18.1 Å². The topological polar surface area (TPSA) is 73.3 Å². The van der Waals surface area contributed by atoms with E-state index in [2.05, 4.69) is 79.5 Å². The van der Waals surface area contributed by atoms with Gasteiger partial charge in [-0.3, -0.25) is 0 Å². The molecular formula is C27H39AsN3O3Si. The van der Waals surface area contributed by atoms with Crippen molar-refractivity contribution in [1.82, 2.24) is 9.97 Å². The van der Waals surface area contributed by atoms with Gasteiger partial charge in [0.05, 0.1) is 0 Å². The molecule has 1 N–H and O–H groups in total. The van der Waals surface area contributed by atoms with Gasteiger partial charge < -0.3 is 0 Å². The summed E-state index contributed by atoms with van der Waals surface area (Å²) < 4.78 is 14.0. The van der Waals surface area contributed by atoms with Gasteiger partial charge in [0, 0.05) is 0 Å². The van der Waals surface area contributed by atoms with Crippen molar-refractivity contribution < 1.29 is 14.0 Å². The predicted octanol–water partition coefficient (Wildman–Crippen LogP) is 4.64. The van der Waals surface area contributed by atoms with Crippen molar-refractivity contribution in [3.63, 3.8) is 0 Å². The number of nitrogens with one attached hydrogen (secondary N) is 1. The average molecular weight is 557 g/mol. The first-order valence-corrected chi connectivity index (χ1v) is 17.6. The summed E-state index contributed by atoms with van der Waals surface area (Å²) >= 11 is -0.0862. The predicted molar refractivity (Wildman–Crippen MR) is 144 cm³/mol. The van der Waals surface area contributed by atoms with Gasteiger partial charge in [-0.25, -0.2) is 0 Å². The third-order valence-electron chi connectivity index (χ3n) is 7.78. The van der Waals surface area contributed by atoms with Gasteiger partial charge in [0.1, 0.15) is 0 Å². The molecular weight excluding hydrogens is 517 g/mol. The molecule has 189 valence electrons. The number of carbonyl (C=O) groups excluding carboxylic acids is 1. The standard InChI is InChI=1S/C27H39AsN3O3Si/c1-18(32)34-24-14-19(16-33-35(5,6)27(2,3)4)13-23(24)31-26-15-25(29-17-30-26)28-22-12-11-20-9-7-8-10-21(20)22/h7-10,15,17,19,22-24H,11-14,16H2,1-6H3,(H,29,30,31). The minimum absolute atomic E-state index is 0.0260. The van der Waals surface area contributed by atoms with E-state index in [9.17, 15) is 4.79 Å². The Balaban J connectivity index is 1.41. The van der Waals surface area contributed by atoms with Crippen LogP contribution < -0.4 is 9.80 Å². The summed E-state index contributed by atoms with van der Waals surface area (Å²) in [6.07, 6.45) is 5.58. The van der Waals surface area contributed by atoms with Crippen molar-refractivity contribution in [3.8, 4) is 0 Å². The number of carbonyl (C=O) groups is 1. The summed E-state index contributed by atoms with van der Waals surface area (Å²) in [6, 6.07) is 10.9. The summed E-state index contributed by atoms with van der Waals surface area (Å²) in [5, 5.41) is 3.76. The fraction of sp³-hybridized carbons (Fsp3) is 0.593. The Kier molecular flexibility index (Phi) is 8.09. The van der Waals surface area contributed by atoms with Crippen LogP contribution in [0.4, 0.5) is 5.82 Å². The first-order chi connectivity index (χ1) is 16.5. The zero-order valence-electron chi connectivity index (χ0n) is 21.9. The molecule has 1 saturated carbocycles. The Morgan fingerprint density at radius 2 is 1.97 bits per heavy atom. The molecule has 1 aromatic heterocycles. The number of ether oxygens (including phenoxy) is 1. The van der Waals surface area contributed by atoms with Crippen molar-refractivity contribution in [2.45, 2.75) is 88.4 Å². The number of aryl methyl sites for hydroxylation is 1. The molecule has 35 heavy (non-hydrogen) atoms. The molecule has 2 aromatic rings. The van der Waals surface area contributed by atoms with E-state index < -0.39 is 8.32 Å². The summed E-state index contributed by atoms with van der Waals surface area (Å²) in [5.41, 5.74) is 2.98. The molecule has 0 amide bonds. The molecule has 0 aliphatic heterocycles. The van der Waals surface area contributed by atoms with Crippen LogP contribution in [-0.4, -0.2) is 58.8 Å². The molecule has 1 aromatic carbocycles. The van der Waals surface area contributed by atoms with Gasteiger partial charge in [-0.2, -0.15) is 0 Å². The zero-order valence-corrected chi connectivity index (χ0v) is 24.8. The Hall–Kier alpha value is -1.69. The molecule has 1 fully saturated rings. The van der Waals surface area contributed by atoms with Crippen molar-refractivity contribution in [3.05, 3.63) is 47.8 Å². The Morgan fingerprint density at radius 1 is 1.20 bits per heavy atom. The van der Waals surface area contributed by atoms with E-state index in [0.717, 1.165) is 29.6 Å². The monoisotopic (exact) mass is 556 g/mol. The molecule has 8 heteroatoms. The average Bonchev–Trinajstić information content (AvgIpc) is 3.35. The second kappa shape index (κ2) is 10.7. The summed E-state index contributed by atoms with van der Waals surface area (Å²) in [5.74, 6) is 0.944. The number of hydrogen-bond donors (Lipinski definition) is 1. The third kappa shape index (κ3) is 6.55. The molecule has 6 nitrogen and oxygen atoms in total. The molecule has 0 saturated heterocycles. The van der Waals surface area contributed by atoms with Crippen molar-refractivity contribution in [2.75, 3.05) is 11.9 Å². The SMILES string of the molecule is CC(=O)OC1CC(CO[Si](C)(C)C(C)(C)C)CC1Nc1cc([As]C2CCc3ccccc32)ncn1.